The highest BCUT2D eigenvalue weighted by molar-refractivity contribution is 7.89. The van der Waals surface area contributed by atoms with Crippen LogP contribution in [-0.2, 0) is 19.6 Å². The Morgan fingerprint density at radius 2 is 1.72 bits per heavy atom. The van der Waals surface area contributed by atoms with Gasteiger partial charge in [0.2, 0.25) is 10.0 Å². The number of rotatable bonds is 8. The van der Waals surface area contributed by atoms with Gasteiger partial charge in [-0.15, -0.1) is 0 Å². The average Bonchev–Trinajstić information content (AvgIpc) is 2.59. The van der Waals surface area contributed by atoms with Crippen LogP contribution < -0.4 is 15.4 Å². The van der Waals surface area contributed by atoms with Crippen molar-refractivity contribution in [1.82, 2.24) is 15.4 Å². The Balaban J connectivity index is 3.04. The van der Waals surface area contributed by atoms with Crippen molar-refractivity contribution in [3.8, 4) is 0 Å². The smallest absolute Gasteiger partial charge is 0.340 e. The molecule has 0 aliphatic carbocycles. The number of carbonyl (C=O) groups excluding carboxylic acids is 3. The van der Waals surface area contributed by atoms with E-state index < -0.39 is 34.0 Å². The molecule has 9 nitrogen and oxygen atoms in total. The second-order valence-electron chi connectivity index (χ2n) is 6.40. The summed E-state index contributed by atoms with van der Waals surface area (Å²) in [6, 6.07) is 1.34. The minimum absolute atomic E-state index is 0.0459. The molecule has 0 radical (unpaired) electrons. The molecule has 29 heavy (non-hydrogen) atoms. The second kappa shape index (κ2) is 10.8. The number of ether oxygens (including phenoxy) is 1. The van der Waals surface area contributed by atoms with Crippen LogP contribution >= 0.6 is 23.2 Å². The molecule has 1 rings (SSSR count). The lowest BCUT2D eigenvalue weighted by atomic mass is 10.2. The van der Waals surface area contributed by atoms with Crippen molar-refractivity contribution in [1.29, 1.82) is 0 Å². The van der Waals surface area contributed by atoms with Gasteiger partial charge >= 0.3 is 12.0 Å². The number of hydrogen-bond donors (Lipinski definition) is 3. The number of esters is 1. The fourth-order valence-corrected chi connectivity index (χ4v) is 4.00. The second-order valence-corrected chi connectivity index (χ2v) is 8.95. The maximum atomic E-state index is 12.5. The zero-order chi connectivity index (χ0) is 22.4. The summed E-state index contributed by atoms with van der Waals surface area (Å²) >= 11 is 12.0. The molecule has 0 aliphatic rings. The predicted octanol–water partition coefficient (Wildman–Crippen LogP) is 2.32. The molecule has 0 aliphatic heterocycles. The Labute approximate surface area is 179 Å². The van der Waals surface area contributed by atoms with E-state index >= 15 is 0 Å². The standard InChI is InChI=1S/C17H23Cl2N3O6S/c1-5-20-17(25)22-15(23)10(4)28-16(24)11-6-14(13(19)7-12(11)18)29(26,27)21-8-9(2)3/h6-7,9-10,21H,5,8H2,1-4H3,(H2,20,22,23,25). The van der Waals surface area contributed by atoms with Crippen LogP contribution in [-0.4, -0.2) is 45.5 Å². The van der Waals surface area contributed by atoms with Gasteiger partial charge in [0.1, 0.15) is 4.90 Å². The van der Waals surface area contributed by atoms with E-state index in [2.05, 4.69) is 10.0 Å². The maximum absolute atomic E-state index is 12.5. The molecule has 1 atom stereocenters. The van der Waals surface area contributed by atoms with Gasteiger partial charge in [-0.2, -0.15) is 0 Å². The summed E-state index contributed by atoms with van der Waals surface area (Å²) in [7, 11) is -4.01. The summed E-state index contributed by atoms with van der Waals surface area (Å²) in [4.78, 5) is 35.3. The van der Waals surface area contributed by atoms with Gasteiger partial charge < -0.3 is 10.1 Å². The van der Waals surface area contributed by atoms with Crippen molar-refractivity contribution in [2.24, 2.45) is 5.92 Å². The lowest BCUT2D eigenvalue weighted by Gasteiger charge is -2.15. The highest BCUT2D eigenvalue weighted by Crippen LogP contribution is 2.29. The summed E-state index contributed by atoms with van der Waals surface area (Å²) in [6.45, 7) is 7.02. The van der Waals surface area contributed by atoms with Crippen molar-refractivity contribution >= 4 is 51.1 Å². The number of benzene rings is 1. The Kier molecular flexibility index (Phi) is 9.34. The van der Waals surface area contributed by atoms with Gasteiger partial charge in [-0.1, -0.05) is 37.0 Å². The molecule has 0 fully saturated rings. The average molecular weight is 468 g/mol. The Hall–Kier alpha value is -1.88. The molecular weight excluding hydrogens is 445 g/mol. The molecule has 1 aromatic rings. The van der Waals surface area contributed by atoms with Crippen LogP contribution in [0.4, 0.5) is 4.79 Å². The monoisotopic (exact) mass is 467 g/mol. The van der Waals surface area contributed by atoms with Crippen LogP contribution in [0.5, 0.6) is 0 Å². The van der Waals surface area contributed by atoms with Crippen molar-refractivity contribution in [3.63, 3.8) is 0 Å². The molecule has 3 amide bonds. The SMILES string of the molecule is CCNC(=O)NC(=O)C(C)OC(=O)c1cc(S(=O)(=O)NCC(C)C)c(Cl)cc1Cl. The first-order valence-electron chi connectivity index (χ1n) is 8.67. The topological polar surface area (TPSA) is 131 Å². The van der Waals surface area contributed by atoms with Crippen LogP contribution in [0.25, 0.3) is 0 Å². The number of sulfonamides is 1. The molecule has 0 saturated heterocycles. The van der Waals surface area contributed by atoms with Crippen LogP contribution in [0, 0.1) is 5.92 Å². The zero-order valence-electron chi connectivity index (χ0n) is 16.3. The molecule has 162 valence electrons. The van der Waals surface area contributed by atoms with Crippen LogP contribution in [0.2, 0.25) is 10.0 Å². The highest BCUT2D eigenvalue weighted by atomic mass is 35.5. The summed E-state index contributed by atoms with van der Waals surface area (Å²) in [6.07, 6.45) is -1.34. The number of hydrogen-bond acceptors (Lipinski definition) is 6. The van der Waals surface area contributed by atoms with E-state index in [1.807, 2.05) is 19.2 Å². The van der Waals surface area contributed by atoms with E-state index in [9.17, 15) is 22.8 Å². The Morgan fingerprint density at radius 1 is 1.10 bits per heavy atom. The quantitative estimate of drug-likeness (QED) is 0.502. The fraction of sp³-hybridized carbons (Fsp3) is 0.471. The third-order valence-corrected chi connectivity index (χ3v) is 5.64. The van der Waals surface area contributed by atoms with Crippen molar-refractivity contribution in [3.05, 3.63) is 27.7 Å². The number of amides is 3. The van der Waals surface area contributed by atoms with Gasteiger partial charge in [0, 0.05) is 13.1 Å². The molecule has 0 spiro atoms. The molecular formula is C17H23Cl2N3O6S. The van der Waals surface area contributed by atoms with Crippen LogP contribution in [0.3, 0.4) is 0 Å². The van der Waals surface area contributed by atoms with Gasteiger partial charge in [0.15, 0.2) is 6.10 Å². The van der Waals surface area contributed by atoms with E-state index in [0.29, 0.717) is 6.54 Å². The van der Waals surface area contributed by atoms with Crippen LogP contribution in [0.15, 0.2) is 17.0 Å². The molecule has 0 aromatic heterocycles. The minimum Gasteiger partial charge on any atom is -0.449 e. The normalized spacial score (nSPS) is 12.4. The first kappa shape index (κ1) is 25.2. The lowest BCUT2D eigenvalue weighted by molar-refractivity contribution is -0.127. The van der Waals surface area contributed by atoms with Crippen molar-refractivity contribution < 1.29 is 27.5 Å². The largest absolute Gasteiger partial charge is 0.449 e. The molecule has 0 heterocycles. The van der Waals surface area contributed by atoms with E-state index in [1.54, 1.807) is 6.92 Å². The first-order valence-corrected chi connectivity index (χ1v) is 10.9. The van der Waals surface area contributed by atoms with E-state index in [0.717, 1.165) is 12.1 Å². The number of nitrogens with one attached hydrogen (secondary N) is 3. The third kappa shape index (κ3) is 7.46. The number of halogens is 2. The van der Waals surface area contributed by atoms with Crippen molar-refractivity contribution in [2.75, 3.05) is 13.1 Å². The van der Waals surface area contributed by atoms with Gasteiger partial charge in [-0.25, -0.2) is 22.7 Å². The van der Waals surface area contributed by atoms with Gasteiger partial charge in [-0.05, 0) is 31.9 Å². The highest BCUT2D eigenvalue weighted by Gasteiger charge is 2.26. The number of urea groups is 1. The Morgan fingerprint density at radius 3 is 2.28 bits per heavy atom. The molecule has 1 aromatic carbocycles. The van der Waals surface area contributed by atoms with E-state index in [4.69, 9.17) is 27.9 Å². The summed E-state index contributed by atoms with van der Waals surface area (Å²) < 4.78 is 32.3. The van der Waals surface area contributed by atoms with Gasteiger partial charge in [0.25, 0.3) is 5.91 Å². The van der Waals surface area contributed by atoms with Crippen LogP contribution in [0.1, 0.15) is 38.1 Å². The van der Waals surface area contributed by atoms with E-state index in [1.165, 1.54) is 6.92 Å². The zero-order valence-corrected chi connectivity index (χ0v) is 18.7. The molecule has 1 unspecified atom stereocenters. The molecule has 0 saturated carbocycles. The maximum Gasteiger partial charge on any atom is 0.340 e. The number of imide groups is 1. The number of carbonyl (C=O) groups is 3. The minimum atomic E-state index is -4.01. The van der Waals surface area contributed by atoms with E-state index in [-0.39, 0.29) is 33.0 Å². The molecule has 3 N–H and O–H groups in total. The summed E-state index contributed by atoms with van der Waals surface area (Å²) in [5, 5.41) is 4.02. The Bertz CT molecular complexity index is 889. The van der Waals surface area contributed by atoms with Crippen molar-refractivity contribution in [2.45, 2.75) is 38.7 Å². The van der Waals surface area contributed by atoms with Gasteiger partial charge in [-0.3, -0.25) is 10.1 Å². The molecule has 0 bridgehead atoms. The van der Waals surface area contributed by atoms with Gasteiger partial charge in [0.05, 0.1) is 15.6 Å². The predicted molar refractivity (Wildman–Crippen MR) is 109 cm³/mol. The third-order valence-electron chi connectivity index (χ3n) is 3.44. The summed E-state index contributed by atoms with van der Waals surface area (Å²) in [5.74, 6) is -1.86. The molecule has 12 heteroatoms. The summed E-state index contributed by atoms with van der Waals surface area (Å²) in [5.41, 5.74) is -0.293. The first-order chi connectivity index (χ1) is 13.4. The lowest BCUT2D eigenvalue weighted by Crippen LogP contribution is -2.44. The fourth-order valence-electron chi connectivity index (χ4n) is 1.94.